The zero-order valence-electron chi connectivity index (χ0n) is 35.3. The third-order valence-electron chi connectivity index (χ3n) is 17.1. The lowest BCUT2D eigenvalue weighted by Crippen LogP contribution is -2.59. The van der Waals surface area contributed by atoms with Crippen molar-refractivity contribution in [3.05, 3.63) is 210 Å². The molecule has 2 bridgehead atoms. The van der Waals surface area contributed by atoms with Gasteiger partial charge in [0.25, 0.3) is 0 Å². The highest BCUT2D eigenvalue weighted by atomic mass is 16.5. The second-order valence-electron chi connectivity index (χ2n) is 19.7. The molecule has 8 aromatic carbocycles. The van der Waals surface area contributed by atoms with Crippen LogP contribution in [0.4, 0.5) is 0 Å². The van der Waals surface area contributed by atoms with Crippen molar-refractivity contribution in [3.8, 4) is 67.9 Å². The Labute approximate surface area is 372 Å². The molecule has 4 heteroatoms. The topological polar surface area (TPSA) is 47.9 Å². The van der Waals surface area contributed by atoms with Crippen LogP contribution in [-0.2, 0) is 10.8 Å². The van der Waals surface area contributed by atoms with Gasteiger partial charge in [0.15, 0.2) is 17.5 Å². The average Bonchev–Trinajstić information content (AvgIpc) is 3.95. The van der Waals surface area contributed by atoms with Gasteiger partial charge in [0, 0.05) is 27.8 Å². The van der Waals surface area contributed by atoms with Crippen molar-refractivity contribution in [2.45, 2.75) is 42.9 Å². The number of aromatic nitrogens is 3. The summed E-state index contributed by atoms with van der Waals surface area (Å²) in [5.74, 6) is 6.83. The second kappa shape index (κ2) is 12.5. The fourth-order valence-electron chi connectivity index (χ4n) is 14.4. The number of rotatable bonds is 5. The molecular formula is C60H43N3O. The van der Waals surface area contributed by atoms with Crippen molar-refractivity contribution in [2.24, 2.45) is 23.2 Å². The third kappa shape index (κ3) is 4.50. The number of ether oxygens (including phenoxy) is 1. The molecule has 0 radical (unpaired) electrons. The van der Waals surface area contributed by atoms with E-state index in [1.807, 2.05) is 0 Å². The molecule has 0 saturated heterocycles. The largest absolute Gasteiger partial charge is 0.457 e. The Morgan fingerprint density at radius 2 is 0.969 bits per heavy atom. The van der Waals surface area contributed by atoms with E-state index in [9.17, 15) is 0 Å². The van der Waals surface area contributed by atoms with Crippen molar-refractivity contribution in [1.29, 1.82) is 0 Å². The highest BCUT2D eigenvalue weighted by Crippen LogP contribution is 2.84. The Morgan fingerprint density at radius 1 is 0.422 bits per heavy atom. The lowest BCUT2D eigenvalue weighted by molar-refractivity contribution is -0.175. The van der Waals surface area contributed by atoms with Gasteiger partial charge in [-0.3, -0.25) is 0 Å². The Kier molecular flexibility index (Phi) is 6.90. The first-order valence-electron chi connectivity index (χ1n) is 23.2. The molecule has 304 valence electrons. The van der Waals surface area contributed by atoms with Gasteiger partial charge in [0.1, 0.15) is 11.5 Å². The van der Waals surface area contributed by atoms with Crippen molar-refractivity contribution in [3.63, 3.8) is 0 Å². The molecule has 0 N–H and O–H groups in total. The van der Waals surface area contributed by atoms with E-state index in [0.29, 0.717) is 28.3 Å². The van der Waals surface area contributed by atoms with Crippen LogP contribution in [0.3, 0.4) is 0 Å². The molecule has 4 saturated carbocycles. The Morgan fingerprint density at radius 3 is 1.67 bits per heavy atom. The molecule has 5 aliphatic carbocycles. The highest BCUT2D eigenvalue weighted by Gasteiger charge is 2.77. The monoisotopic (exact) mass is 821 g/mol. The highest BCUT2D eigenvalue weighted by molar-refractivity contribution is 5.95. The van der Waals surface area contributed by atoms with Crippen LogP contribution in [-0.4, -0.2) is 15.0 Å². The summed E-state index contributed by atoms with van der Waals surface area (Å²) in [7, 11) is 0. The molecule has 6 aliphatic rings. The van der Waals surface area contributed by atoms with E-state index in [2.05, 4.69) is 182 Å². The van der Waals surface area contributed by atoms with Crippen LogP contribution in [0, 0.1) is 23.2 Å². The Bertz CT molecular complexity index is 3380. The SMILES string of the molecule is c1ccc2c(c1)Oc1ccccc1C21c2ccccc2-c2cc(-c3ccc(-c4nc(-c5ccc(C67C[C@H]8CC9C[C@@H](C6)C98C7)cc5)nc(-c5cccc6ccccc56)n4)cc3)ccc21. The summed E-state index contributed by atoms with van der Waals surface area (Å²) in [4.78, 5) is 15.7. The number of nitrogens with zero attached hydrogens (tertiary/aromatic N) is 3. The Balaban J connectivity index is 0.822. The van der Waals surface area contributed by atoms with Crippen molar-refractivity contribution in [1.82, 2.24) is 15.0 Å². The minimum atomic E-state index is -0.478. The maximum Gasteiger partial charge on any atom is 0.164 e. The first-order chi connectivity index (χ1) is 31.6. The maximum atomic E-state index is 6.55. The zero-order valence-corrected chi connectivity index (χ0v) is 35.3. The molecule has 15 rings (SSSR count). The summed E-state index contributed by atoms with van der Waals surface area (Å²) >= 11 is 0. The molecular weight excluding hydrogens is 779 g/mol. The number of fused-ring (bicyclic) bond motifs is 11. The molecule has 9 aromatic rings. The fraction of sp³-hybridized carbons (Fsp3) is 0.183. The fourth-order valence-corrected chi connectivity index (χ4v) is 14.4. The van der Waals surface area contributed by atoms with E-state index < -0.39 is 5.41 Å². The van der Waals surface area contributed by atoms with Crippen LogP contribution >= 0.6 is 0 Å². The predicted molar refractivity (Wildman–Crippen MR) is 254 cm³/mol. The minimum Gasteiger partial charge on any atom is -0.457 e. The standard InChI is InChI=1S/C60H43N3O/c1-2-12-45-37(10-1)11-9-14-47(45)57-62-55(61-56(63-57)39-24-27-41(28-25-39)58-33-43-31-42-32-44(34-58)59(42,43)35-58)38-22-20-36(21-23-38)40-26-29-50-48(30-40)46-13-3-4-15-49(46)60(50)51-16-5-7-18-53(51)64-54-19-8-6-17-52(54)60/h1-30,42-44H,31-35H2/t42?,43-,44+,58?,59?. The van der Waals surface area contributed by atoms with Gasteiger partial charge in [0.05, 0.1) is 5.41 Å². The summed E-state index contributed by atoms with van der Waals surface area (Å²) in [6, 6.07) is 66.1. The normalized spacial score (nSPS) is 24.2. The molecule has 1 aromatic heterocycles. The summed E-state index contributed by atoms with van der Waals surface area (Å²) in [6.07, 6.45) is 7.13. The smallest absolute Gasteiger partial charge is 0.164 e. The van der Waals surface area contributed by atoms with Gasteiger partial charge in [-0.15, -0.1) is 0 Å². The van der Waals surface area contributed by atoms with E-state index in [1.165, 1.54) is 82.0 Å². The first kappa shape index (κ1) is 35.3. The molecule has 2 spiro atoms. The van der Waals surface area contributed by atoms with Crippen LogP contribution in [0.5, 0.6) is 11.5 Å². The van der Waals surface area contributed by atoms with E-state index in [-0.39, 0.29) is 0 Å². The molecule has 5 atom stereocenters. The van der Waals surface area contributed by atoms with E-state index in [0.717, 1.165) is 56.9 Å². The van der Waals surface area contributed by atoms with E-state index in [4.69, 9.17) is 19.7 Å². The maximum absolute atomic E-state index is 6.55. The van der Waals surface area contributed by atoms with Crippen LogP contribution in [0.1, 0.15) is 59.9 Å². The molecule has 4 nitrogen and oxygen atoms in total. The lowest BCUT2D eigenvalue weighted by atomic mass is 9.38. The predicted octanol–water partition coefficient (Wildman–Crippen LogP) is 14.2. The van der Waals surface area contributed by atoms with Gasteiger partial charge in [-0.1, -0.05) is 164 Å². The average molecular weight is 822 g/mol. The Hall–Kier alpha value is -7.17. The lowest BCUT2D eigenvalue weighted by Gasteiger charge is -2.66. The van der Waals surface area contributed by atoms with Crippen molar-refractivity contribution >= 4 is 10.8 Å². The zero-order chi connectivity index (χ0) is 41.8. The summed E-state index contributed by atoms with van der Waals surface area (Å²) < 4.78 is 6.55. The molecule has 1 aliphatic heterocycles. The van der Waals surface area contributed by atoms with Gasteiger partial charge in [-0.2, -0.15) is 0 Å². The second-order valence-corrected chi connectivity index (χ2v) is 19.7. The quantitative estimate of drug-likeness (QED) is 0.173. The number of benzene rings is 8. The summed E-state index contributed by atoms with van der Waals surface area (Å²) in [6.45, 7) is 0. The van der Waals surface area contributed by atoms with Gasteiger partial charge < -0.3 is 4.74 Å². The number of hydrogen-bond donors (Lipinski definition) is 0. The van der Waals surface area contributed by atoms with Gasteiger partial charge in [-0.25, -0.2) is 15.0 Å². The minimum absolute atomic E-state index is 0.366. The molecule has 3 unspecified atom stereocenters. The number of hydrogen-bond acceptors (Lipinski definition) is 4. The van der Waals surface area contributed by atoms with Crippen LogP contribution in [0.15, 0.2) is 182 Å². The summed E-state index contributed by atoms with van der Waals surface area (Å²) in [5.41, 5.74) is 14.9. The molecule has 4 fully saturated rings. The van der Waals surface area contributed by atoms with Crippen LogP contribution < -0.4 is 4.74 Å². The van der Waals surface area contributed by atoms with Crippen molar-refractivity contribution in [2.75, 3.05) is 0 Å². The molecule has 0 amide bonds. The van der Waals surface area contributed by atoms with Gasteiger partial charge >= 0.3 is 0 Å². The van der Waals surface area contributed by atoms with Crippen molar-refractivity contribution < 1.29 is 4.74 Å². The summed E-state index contributed by atoms with van der Waals surface area (Å²) in [5, 5.41) is 2.30. The van der Waals surface area contributed by atoms with Crippen LogP contribution in [0.2, 0.25) is 0 Å². The van der Waals surface area contributed by atoms with E-state index >= 15 is 0 Å². The molecule has 64 heavy (non-hydrogen) atoms. The van der Waals surface area contributed by atoms with Gasteiger partial charge in [0.2, 0.25) is 0 Å². The van der Waals surface area contributed by atoms with Gasteiger partial charge in [-0.05, 0) is 129 Å². The first-order valence-corrected chi connectivity index (χ1v) is 23.2. The van der Waals surface area contributed by atoms with E-state index in [1.54, 1.807) is 0 Å². The van der Waals surface area contributed by atoms with Crippen LogP contribution in [0.25, 0.3) is 67.2 Å². The number of para-hydroxylation sites is 2. The molecule has 2 heterocycles. The third-order valence-corrected chi connectivity index (χ3v) is 17.1.